The molecule has 1 heterocycles. The molecule has 0 fully saturated rings. The Labute approximate surface area is 73.4 Å². The van der Waals surface area contributed by atoms with Crippen LogP contribution in [0.4, 0.5) is 0 Å². The van der Waals surface area contributed by atoms with Crippen LogP contribution in [0.3, 0.4) is 0 Å². The molecule has 1 aromatic heterocycles. The minimum Gasteiger partial charge on any atom is -0.367 e. The second-order valence-corrected chi connectivity index (χ2v) is 3.16. The van der Waals surface area contributed by atoms with Crippen molar-refractivity contribution < 1.29 is 0 Å². The van der Waals surface area contributed by atoms with E-state index in [2.05, 4.69) is 16.4 Å². The van der Waals surface area contributed by atoms with Gasteiger partial charge < -0.3 is 16.0 Å². The van der Waals surface area contributed by atoms with Gasteiger partial charge in [-0.15, -0.1) is 0 Å². The molecule has 1 unspecified atom stereocenters. The molecule has 4 N–H and O–H groups in total. The van der Waals surface area contributed by atoms with Crippen molar-refractivity contribution in [1.82, 2.24) is 10.3 Å². The van der Waals surface area contributed by atoms with Gasteiger partial charge in [0.05, 0.1) is 0 Å². The zero-order chi connectivity index (χ0) is 8.81. The highest BCUT2D eigenvalue weighted by Gasteiger charge is 1.94. The van der Waals surface area contributed by atoms with Crippen LogP contribution in [0.25, 0.3) is 0 Å². The number of hydrogen-bond acceptors (Lipinski definition) is 2. The summed E-state index contributed by atoms with van der Waals surface area (Å²) in [6, 6.07) is 2.36. The summed E-state index contributed by atoms with van der Waals surface area (Å²) in [5, 5.41) is 3.32. The summed E-state index contributed by atoms with van der Waals surface area (Å²) in [7, 11) is 0. The van der Waals surface area contributed by atoms with Crippen molar-refractivity contribution >= 4 is 0 Å². The Bertz CT molecular complexity index is 192. The van der Waals surface area contributed by atoms with E-state index < -0.39 is 0 Å². The maximum Gasteiger partial charge on any atom is 0.0220 e. The third kappa shape index (κ3) is 3.55. The largest absolute Gasteiger partial charge is 0.367 e. The van der Waals surface area contributed by atoms with Crippen LogP contribution >= 0.6 is 0 Å². The van der Waals surface area contributed by atoms with E-state index in [4.69, 9.17) is 5.73 Å². The van der Waals surface area contributed by atoms with Crippen LogP contribution in [0.5, 0.6) is 0 Å². The first-order chi connectivity index (χ1) is 5.79. The number of hydrogen-bond donors (Lipinski definition) is 3. The van der Waals surface area contributed by atoms with E-state index in [0.29, 0.717) is 6.04 Å². The fraction of sp³-hybridized carbons (Fsp3) is 0.556. The van der Waals surface area contributed by atoms with Crippen LogP contribution < -0.4 is 11.1 Å². The number of aromatic nitrogens is 1. The first-order valence-corrected chi connectivity index (χ1v) is 4.37. The van der Waals surface area contributed by atoms with Crippen LogP contribution in [-0.2, 0) is 6.54 Å². The van der Waals surface area contributed by atoms with Crippen molar-refractivity contribution in [3.8, 4) is 0 Å². The maximum absolute atomic E-state index is 5.61. The molecule has 0 bridgehead atoms. The molecule has 3 nitrogen and oxygen atoms in total. The number of rotatable bonds is 5. The van der Waals surface area contributed by atoms with Gasteiger partial charge in [-0.2, -0.15) is 0 Å². The average Bonchev–Trinajstić information content (AvgIpc) is 2.49. The summed E-state index contributed by atoms with van der Waals surface area (Å²) in [6.45, 7) is 3.94. The van der Waals surface area contributed by atoms with Crippen LogP contribution in [0.15, 0.2) is 18.5 Å². The lowest BCUT2D eigenvalue weighted by Crippen LogP contribution is -2.23. The second-order valence-electron chi connectivity index (χ2n) is 3.16. The quantitative estimate of drug-likeness (QED) is 0.569. The molecule has 0 aliphatic carbocycles. The third-order valence-electron chi connectivity index (χ3n) is 1.77. The van der Waals surface area contributed by atoms with E-state index in [-0.39, 0.29) is 0 Å². The van der Waals surface area contributed by atoms with E-state index in [0.717, 1.165) is 19.5 Å². The van der Waals surface area contributed by atoms with E-state index in [1.807, 2.05) is 19.3 Å². The third-order valence-corrected chi connectivity index (χ3v) is 1.77. The van der Waals surface area contributed by atoms with Gasteiger partial charge in [0.1, 0.15) is 0 Å². The van der Waals surface area contributed by atoms with Gasteiger partial charge in [-0.05, 0) is 31.5 Å². The highest BCUT2D eigenvalue weighted by Crippen LogP contribution is 1.94. The van der Waals surface area contributed by atoms with Crippen molar-refractivity contribution in [3.63, 3.8) is 0 Å². The Hall–Kier alpha value is -0.800. The molecule has 0 aromatic carbocycles. The number of aromatic amines is 1. The Morgan fingerprint density at radius 1 is 1.67 bits per heavy atom. The molecule has 0 saturated heterocycles. The maximum atomic E-state index is 5.61. The van der Waals surface area contributed by atoms with Crippen molar-refractivity contribution in [2.75, 3.05) is 6.54 Å². The van der Waals surface area contributed by atoms with E-state index in [1.54, 1.807) is 0 Å². The fourth-order valence-electron chi connectivity index (χ4n) is 1.03. The molecular formula is C9H17N3. The lowest BCUT2D eigenvalue weighted by molar-refractivity contribution is 0.589. The van der Waals surface area contributed by atoms with Crippen molar-refractivity contribution in [1.29, 1.82) is 0 Å². The summed E-state index contributed by atoms with van der Waals surface area (Å²) in [6.07, 6.45) is 4.96. The summed E-state index contributed by atoms with van der Waals surface area (Å²) in [5.74, 6) is 0. The molecule has 0 radical (unpaired) electrons. The molecule has 68 valence electrons. The molecular weight excluding hydrogens is 150 g/mol. The van der Waals surface area contributed by atoms with Gasteiger partial charge in [0.2, 0.25) is 0 Å². The number of nitrogens with one attached hydrogen (secondary N) is 2. The molecule has 12 heavy (non-hydrogen) atoms. The average molecular weight is 167 g/mol. The molecule has 0 aliphatic heterocycles. The highest BCUT2D eigenvalue weighted by atomic mass is 14.9. The SMILES string of the molecule is CC(N)CCNCc1cc[nH]c1. The van der Waals surface area contributed by atoms with Crippen molar-refractivity contribution in [2.24, 2.45) is 5.73 Å². The minimum absolute atomic E-state index is 0.295. The molecule has 1 atom stereocenters. The Morgan fingerprint density at radius 3 is 3.08 bits per heavy atom. The molecule has 0 amide bonds. The zero-order valence-corrected chi connectivity index (χ0v) is 7.51. The Balaban J connectivity index is 2.04. The van der Waals surface area contributed by atoms with E-state index >= 15 is 0 Å². The highest BCUT2D eigenvalue weighted by molar-refractivity contribution is 5.07. The van der Waals surface area contributed by atoms with Crippen LogP contribution in [0.1, 0.15) is 18.9 Å². The van der Waals surface area contributed by atoms with Crippen LogP contribution in [0.2, 0.25) is 0 Å². The Morgan fingerprint density at radius 2 is 2.50 bits per heavy atom. The molecule has 0 saturated carbocycles. The molecule has 0 aliphatic rings. The molecule has 1 aromatic rings. The predicted octanol–water partition coefficient (Wildman–Crippen LogP) is 0.842. The predicted molar refractivity (Wildman–Crippen MR) is 50.8 cm³/mol. The van der Waals surface area contributed by atoms with E-state index in [9.17, 15) is 0 Å². The van der Waals surface area contributed by atoms with Crippen LogP contribution in [0, 0.1) is 0 Å². The first-order valence-electron chi connectivity index (χ1n) is 4.37. The fourth-order valence-corrected chi connectivity index (χ4v) is 1.03. The lowest BCUT2D eigenvalue weighted by atomic mass is 10.2. The van der Waals surface area contributed by atoms with Crippen molar-refractivity contribution in [2.45, 2.75) is 25.9 Å². The van der Waals surface area contributed by atoms with Gasteiger partial charge in [-0.1, -0.05) is 0 Å². The first kappa shape index (κ1) is 9.29. The van der Waals surface area contributed by atoms with Crippen molar-refractivity contribution in [3.05, 3.63) is 24.0 Å². The summed E-state index contributed by atoms with van der Waals surface area (Å²) in [5.41, 5.74) is 6.90. The second kappa shape index (κ2) is 4.95. The lowest BCUT2D eigenvalue weighted by Gasteiger charge is -2.05. The summed E-state index contributed by atoms with van der Waals surface area (Å²) in [4.78, 5) is 3.01. The van der Waals surface area contributed by atoms with Gasteiger partial charge in [0, 0.05) is 25.0 Å². The van der Waals surface area contributed by atoms with Gasteiger partial charge in [-0.25, -0.2) is 0 Å². The number of nitrogens with two attached hydrogens (primary N) is 1. The zero-order valence-electron chi connectivity index (χ0n) is 7.51. The smallest absolute Gasteiger partial charge is 0.0220 e. The minimum atomic E-state index is 0.295. The monoisotopic (exact) mass is 167 g/mol. The summed E-state index contributed by atoms with van der Waals surface area (Å²) < 4.78 is 0. The molecule has 1 rings (SSSR count). The van der Waals surface area contributed by atoms with Gasteiger partial charge in [0.15, 0.2) is 0 Å². The molecule has 3 heteroatoms. The summed E-state index contributed by atoms with van der Waals surface area (Å²) >= 11 is 0. The standard InChI is InChI=1S/C9H17N3/c1-8(10)2-4-11-6-9-3-5-12-7-9/h3,5,7-8,11-12H,2,4,6,10H2,1H3. The molecule has 0 spiro atoms. The van der Waals surface area contributed by atoms with Gasteiger partial charge in [-0.3, -0.25) is 0 Å². The number of H-pyrrole nitrogens is 1. The normalized spacial score (nSPS) is 13.2. The van der Waals surface area contributed by atoms with Crippen LogP contribution in [-0.4, -0.2) is 17.6 Å². The van der Waals surface area contributed by atoms with Gasteiger partial charge in [0.25, 0.3) is 0 Å². The van der Waals surface area contributed by atoms with Gasteiger partial charge >= 0.3 is 0 Å². The topological polar surface area (TPSA) is 53.8 Å². The Kier molecular flexibility index (Phi) is 3.84. The van der Waals surface area contributed by atoms with E-state index in [1.165, 1.54) is 5.56 Å².